The highest BCUT2D eigenvalue weighted by atomic mass is 16.1. The molecule has 2 aliphatic carbocycles. The topological polar surface area (TPSA) is 17.1 Å². The van der Waals surface area contributed by atoms with Crippen molar-refractivity contribution in [1.82, 2.24) is 0 Å². The molecule has 1 nitrogen and oxygen atoms in total. The van der Waals surface area contributed by atoms with Gasteiger partial charge < -0.3 is 0 Å². The molecule has 0 aromatic heterocycles. The molecular weight excluding hydrogens is 136 g/mol. The molecule has 2 rings (SSSR count). The van der Waals surface area contributed by atoms with Gasteiger partial charge in [-0.2, -0.15) is 0 Å². The molecule has 1 heteroatoms. The molecule has 0 N–H and O–H groups in total. The Bertz CT molecular complexity index is 229. The second-order valence-electron chi connectivity index (χ2n) is 4.16. The second kappa shape index (κ2) is 1.96. The maximum absolute atomic E-state index is 11.3. The molecule has 0 aromatic carbocycles. The Morgan fingerprint density at radius 1 is 1.55 bits per heavy atom. The lowest BCUT2D eigenvalue weighted by atomic mass is 9.75. The van der Waals surface area contributed by atoms with Gasteiger partial charge in [-0.3, -0.25) is 4.79 Å². The van der Waals surface area contributed by atoms with E-state index in [0.29, 0.717) is 17.6 Å². The van der Waals surface area contributed by atoms with Crippen LogP contribution in [0.4, 0.5) is 0 Å². The summed E-state index contributed by atoms with van der Waals surface area (Å²) in [6, 6.07) is 0. The summed E-state index contributed by atoms with van der Waals surface area (Å²) < 4.78 is 0. The summed E-state index contributed by atoms with van der Waals surface area (Å²) in [5, 5.41) is 0. The Morgan fingerprint density at radius 2 is 2.27 bits per heavy atom. The van der Waals surface area contributed by atoms with Crippen molar-refractivity contribution in [3.8, 4) is 0 Å². The smallest absolute Gasteiger partial charge is 0.136 e. The molecule has 2 bridgehead atoms. The zero-order valence-electron chi connectivity index (χ0n) is 7.13. The molecule has 0 saturated heterocycles. The molecule has 1 fully saturated rings. The molecule has 0 aromatic rings. The summed E-state index contributed by atoms with van der Waals surface area (Å²) in [4.78, 5) is 11.3. The molecule has 0 aliphatic heterocycles. The van der Waals surface area contributed by atoms with Crippen molar-refractivity contribution in [1.29, 1.82) is 0 Å². The van der Waals surface area contributed by atoms with Crippen molar-refractivity contribution >= 4 is 5.78 Å². The first kappa shape index (κ1) is 7.08. The second-order valence-corrected chi connectivity index (χ2v) is 4.16. The molecule has 3 unspecified atom stereocenters. The van der Waals surface area contributed by atoms with Crippen LogP contribution in [0.3, 0.4) is 0 Å². The number of hydrogen-bond donors (Lipinski definition) is 0. The van der Waals surface area contributed by atoms with Crippen LogP contribution in [0.1, 0.15) is 26.7 Å². The van der Waals surface area contributed by atoms with Gasteiger partial charge in [-0.15, -0.1) is 0 Å². The van der Waals surface area contributed by atoms with Gasteiger partial charge in [0.2, 0.25) is 0 Å². The molecular formula is C10H14O. The number of hydrogen-bond acceptors (Lipinski definition) is 1. The van der Waals surface area contributed by atoms with Crippen LogP contribution in [0, 0.1) is 17.3 Å². The van der Waals surface area contributed by atoms with E-state index in [1.807, 2.05) is 0 Å². The number of allylic oxidation sites excluding steroid dienone is 2. The SMILES string of the molecule is CC(=O)C1(C)CC2C=CC1C2. The van der Waals surface area contributed by atoms with E-state index in [1.165, 1.54) is 6.42 Å². The number of rotatable bonds is 1. The number of carbonyl (C=O) groups excluding carboxylic acids is 1. The highest BCUT2D eigenvalue weighted by Crippen LogP contribution is 2.52. The highest BCUT2D eigenvalue weighted by Gasteiger charge is 2.47. The molecule has 0 radical (unpaired) electrons. The summed E-state index contributed by atoms with van der Waals surface area (Å²) in [6.45, 7) is 3.85. The minimum atomic E-state index is -0.0145. The van der Waals surface area contributed by atoms with Crippen molar-refractivity contribution in [3.63, 3.8) is 0 Å². The minimum absolute atomic E-state index is 0.0145. The quantitative estimate of drug-likeness (QED) is 0.523. The van der Waals surface area contributed by atoms with Gasteiger partial charge in [-0.1, -0.05) is 19.1 Å². The van der Waals surface area contributed by atoms with E-state index in [9.17, 15) is 4.79 Å². The van der Waals surface area contributed by atoms with Gasteiger partial charge in [0.25, 0.3) is 0 Å². The molecule has 0 heterocycles. The Hall–Kier alpha value is -0.590. The zero-order valence-corrected chi connectivity index (χ0v) is 7.13. The molecule has 0 spiro atoms. The van der Waals surface area contributed by atoms with Crippen molar-refractivity contribution < 1.29 is 4.79 Å². The van der Waals surface area contributed by atoms with E-state index in [4.69, 9.17) is 0 Å². The van der Waals surface area contributed by atoms with E-state index in [0.717, 1.165) is 6.42 Å². The van der Waals surface area contributed by atoms with Gasteiger partial charge in [0.1, 0.15) is 5.78 Å². The molecule has 60 valence electrons. The summed E-state index contributed by atoms with van der Waals surface area (Å²) >= 11 is 0. The third kappa shape index (κ3) is 0.800. The van der Waals surface area contributed by atoms with Crippen LogP contribution in [0.25, 0.3) is 0 Å². The third-order valence-corrected chi connectivity index (χ3v) is 3.48. The fourth-order valence-corrected chi connectivity index (χ4v) is 2.50. The van der Waals surface area contributed by atoms with Gasteiger partial charge in [0.05, 0.1) is 0 Å². The van der Waals surface area contributed by atoms with Crippen LogP contribution in [0.5, 0.6) is 0 Å². The van der Waals surface area contributed by atoms with Crippen molar-refractivity contribution in [3.05, 3.63) is 12.2 Å². The van der Waals surface area contributed by atoms with Crippen LogP contribution < -0.4 is 0 Å². The van der Waals surface area contributed by atoms with Gasteiger partial charge in [-0.05, 0) is 31.6 Å². The van der Waals surface area contributed by atoms with Gasteiger partial charge in [0.15, 0.2) is 0 Å². The zero-order chi connectivity index (χ0) is 8.06. The summed E-state index contributed by atoms with van der Waals surface area (Å²) in [5.41, 5.74) is -0.0145. The average Bonchev–Trinajstić information content (AvgIpc) is 2.45. The lowest BCUT2D eigenvalue weighted by Gasteiger charge is -2.27. The van der Waals surface area contributed by atoms with Crippen LogP contribution in [0.15, 0.2) is 12.2 Å². The van der Waals surface area contributed by atoms with Gasteiger partial charge in [-0.25, -0.2) is 0 Å². The Morgan fingerprint density at radius 3 is 2.55 bits per heavy atom. The third-order valence-electron chi connectivity index (χ3n) is 3.48. The van der Waals surface area contributed by atoms with Crippen LogP contribution in [-0.2, 0) is 4.79 Å². The lowest BCUT2D eigenvalue weighted by molar-refractivity contribution is -0.126. The van der Waals surface area contributed by atoms with E-state index in [2.05, 4.69) is 19.1 Å². The number of carbonyl (C=O) groups is 1. The first-order chi connectivity index (χ1) is 5.13. The predicted octanol–water partition coefficient (Wildman–Crippen LogP) is 2.18. The average molecular weight is 150 g/mol. The fraction of sp³-hybridized carbons (Fsp3) is 0.700. The number of Topliss-reactive ketones (excluding diaryl/α,β-unsaturated/α-hetero) is 1. The normalized spacial score (nSPS) is 46.7. The first-order valence-corrected chi connectivity index (χ1v) is 4.32. The van der Waals surface area contributed by atoms with E-state index in [1.54, 1.807) is 6.92 Å². The number of fused-ring (bicyclic) bond motifs is 2. The van der Waals surface area contributed by atoms with Crippen molar-refractivity contribution in [2.45, 2.75) is 26.7 Å². The van der Waals surface area contributed by atoms with Crippen LogP contribution in [-0.4, -0.2) is 5.78 Å². The van der Waals surface area contributed by atoms with Crippen molar-refractivity contribution in [2.24, 2.45) is 17.3 Å². The largest absolute Gasteiger partial charge is 0.299 e. The van der Waals surface area contributed by atoms with Gasteiger partial charge >= 0.3 is 0 Å². The van der Waals surface area contributed by atoms with Crippen LogP contribution in [0.2, 0.25) is 0 Å². The molecule has 3 atom stereocenters. The monoisotopic (exact) mass is 150 g/mol. The minimum Gasteiger partial charge on any atom is -0.299 e. The van der Waals surface area contributed by atoms with E-state index in [-0.39, 0.29) is 5.41 Å². The maximum Gasteiger partial charge on any atom is 0.136 e. The fourth-order valence-electron chi connectivity index (χ4n) is 2.50. The van der Waals surface area contributed by atoms with Gasteiger partial charge in [0, 0.05) is 5.41 Å². The molecule has 0 amide bonds. The Labute approximate surface area is 67.5 Å². The van der Waals surface area contributed by atoms with Crippen LogP contribution >= 0.6 is 0 Å². The first-order valence-electron chi connectivity index (χ1n) is 4.32. The molecule has 1 saturated carbocycles. The highest BCUT2D eigenvalue weighted by molar-refractivity contribution is 5.83. The predicted molar refractivity (Wildman–Crippen MR) is 44.1 cm³/mol. The molecule has 2 aliphatic rings. The standard InChI is InChI=1S/C10H14O/c1-7(11)10(2)6-8-3-4-9(10)5-8/h3-4,8-9H,5-6H2,1-2H3. The van der Waals surface area contributed by atoms with E-state index >= 15 is 0 Å². The summed E-state index contributed by atoms with van der Waals surface area (Å²) in [5.74, 6) is 1.62. The Kier molecular flexibility index (Phi) is 1.26. The summed E-state index contributed by atoms with van der Waals surface area (Å²) in [6.07, 6.45) is 6.81. The van der Waals surface area contributed by atoms with Crippen molar-refractivity contribution in [2.75, 3.05) is 0 Å². The maximum atomic E-state index is 11.3. The molecule has 11 heavy (non-hydrogen) atoms. The summed E-state index contributed by atoms with van der Waals surface area (Å²) in [7, 11) is 0. The lowest BCUT2D eigenvalue weighted by Crippen LogP contribution is -2.29. The van der Waals surface area contributed by atoms with E-state index < -0.39 is 0 Å². The number of ketones is 1. The Balaban J connectivity index is 2.30.